The largest absolute Gasteiger partial charge is 0.359 e. The van der Waals surface area contributed by atoms with Gasteiger partial charge in [0.1, 0.15) is 0 Å². The number of aliphatic imine (C=N–C) groups is 1. The SMILES string of the molecule is CC1CCCC2(CSC(=NC3CCCCCC3)N2)C1. The normalized spacial score (nSPS) is 39.4. The molecule has 2 saturated carbocycles. The van der Waals surface area contributed by atoms with Crippen LogP contribution in [0.15, 0.2) is 4.99 Å². The van der Waals surface area contributed by atoms with Crippen LogP contribution in [0.3, 0.4) is 0 Å². The van der Waals surface area contributed by atoms with Crippen molar-refractivity contribution in [2.24, 2.45) is 10.9 Å². The summed E-state index contributed by atoms with van der Waals surface area (Å²) in [6.45, 7) is 2.41. The summed E-state index contributed by atoms with van der Waals surface area (Å²) in [6, 6.07) is 0.605. The summed E-state index contributed by atoms with van der Waals surface area (Å²) < 4.78 is 0. The van der Waals surface area contributed by atoms with Crippen LogP contribution >= 0.6 is 11.8 Å². The zero-order valence-electron chi connectivity index (χ0n) is 12.3. The van der Waals surface area contributed by atoms with Crippen molar-refractivity contribution in [3.63, 3.8) is 0 Å². The number of nitrogens with zero attached hydrogens (tertiary/aromatic N) is 1. The van der Waals surface area contributed by atoms with Gasteiger partial charge in [-0.05, 0) is 31.6 Å². The fourth-order valence-corrected chi connectivity index (χ4v) is 5.29. The standard InChI is InChI=1S/C16H28N2S/c1-13-7-6-10-16(11-13)12-19-15(18-16)17-14-8-4-2-3-5-9-14/h13-14H,2-12H2,1H3,(H,17,18). The Labute approximate surface area is 122 Å². The third-order valence-electron chi connectivity index (χ3n) is 5.07. The van der Waals surface area contributed by atoms with E-state index in [4.69, 9.17) is 4.99 Å². The monoisotopic (exact) mass is 280 g/mol. The Hall–Kier alpha value is -0.180. The van der Waals surface area contributed by atoms with E-state index in [-0.39, 0.29) is 0 Å². The quantitative estimate of drug-likeness (QED) is 0.722. The first-order valence-electron chi connectivity index (χ1n) is 8.25. The Morgan fingerprint density at radius 3 is 2.63 bits per heavy atom. The Morgan fingerprint density at radius 1 is 1.11 bits per heavy atom. The fourth-order valence-electron chi connectivity index (χ4n) is 4.03. The molecule has 3 rings (SSSR count). The average Bonchev–Trinajstić information content (AvgIpc) is 2.61. The Bertz CT molecular complexity index is 334. The van der Waals surface area contributed by atoms with Crippen molar-refractivity contribution in [2.75, 3.05) is 5.75 Å². The third kappa shape index (κ3) is 3.48. The second kappa shape index (κ2) is 6.07. The first-order valence-corrected chi connectivity index (χ1v) is 9.23. The van der Waals surface area contributed by atoms with Gasteiger partial charge in [-0.2, -0.15) is 0 Å². The molecular weight excluding hydrogens is 252 g/mol. The van der Waals surface area contributed by atoms with Crippen molar-refractivity contribution in [2.45, 2.75) is 82.7 Å². The van der Waals surface area contributed by atoms with E-state index in [1.807, 2.05) is 11.8 Å². The molecule has 2 unspecified atom stereocenters. The number of hydrogen-bond acceptors (Lipinski definition) is 2. The van der Waals surface area contributed by atoms with E-state index in [0.717, 1.165) is 5.92 Å². The number of nitrogens with one attached hydrogen (secondary N) is 1. The highest BCUT2D eigenvalue weighted by Crippen LogP contribution is 2.39. The van der Waals surface area contributed by atoms with Crippen molar-refractivity contribution < 1.29 is 0 Å². The summed E-state index contributed by atoms with van der Waals surface area (Å²) >= 11 is 1.99. The lowest BCUT2D eigenvalue weighted by Crippen LogP contribution is -2.47. The molecule has 0 radical (unpaired) electrons. The van der Waals surface area contributed by atoms with Gasteiger partial charge in [0.25, 0.3) is 0 Å². The minimum atomic E-state index is 0.395. The molecule has 0 aromatic heterocycles. The molecule has 1 heterocycles. The molecule has 0 amide bonds. The van der Waals surface area contributed by atoms with Crippen LogP contribution in [0.2, 0.25) is 0 Å². The molecule has 3 heteroatoms. The van der Waals surface area contributed by atoms with E-state index in [2.05, 4.69) is 12.2 Å². The first-order chi connectivity index (χ1) is 9.26. The second-order valence-electron chi connectivity index (χ2n) is 6.98. The van der Waals surface area contributed by atoms with Gasteiger partial charge in [-0.25, -0.2) is 0 Å². The summed E-state index contributed by atoms with van der Waals surface area (Å²) in [5.41, 5.74) is 0.395. The Balaban J connectivity index is 1.61. The van der Waals surface area contributed by atoms with Gasteiger partial charge in [0, 0.05) is 11.3 Å². The highest BCUT2D eigenvalue weighted by Gasteiger charge is 2.40. The van der Waals surface area contributed by atoms with Crippen LogP contribution in [-0.2, 0) is 0 Å². The van der Waals surface area contributed by atoms with E-state index in [0.29, 0.717) is 11.6 Å². The number of amidine groups is 1. The van der Waals surface area contributed by atoms with Crippen LogP contribution in [0.5, 0.6) is 0 Å². The molecule has 0 bridgehead atoms. The van der Waals surface area contributed by atoms with Crippen LogP contribution in [-0.4, -0.2) is 22.5 Å². The van der Waals surface area contributed by atoms with Crippen molar-refractivity contribution >= 4 is 16.9 Å². The molecule has 2 atom stereocenters. The summed E-state index contributed by atoms with van der Waals surface area (Å²) in [6.07, 6.45) is 13.8. The second-order valence-corrected chi connectivity index (χ2v) is 7.94. The lowest BCUT2D eigenvalue weighted by molar-refractivity contribution is 0.242. The summed E-state index contributed by atoms with van der Waals surface area (Å²) in [7, 11) is 0. The van der Waals surface area contributed by atoms with Gasteiger partial charge in [-0.1, -0.05) is 57.2 Å². The number of rotatable bonds is 1. The van der Waals surface area contributed by atoms with Crippen LogP contribution in [0.1, 0.15) is 71.1 Å². The zero-order valence-corrected chi connectivity index (χ0v) is 13.1. The minimum absolute atomic E-state index is 0.395. The van der Waals surface area contributed by atoms with E-state index >= 15 is 0 Å². The Kier molecular flexibility index (Phi) is 4.40. The molecular formula is C16H28N2S. The minimum Gasteiger partial charge on any atom is -0.359 e. The van der Waals surface area contributed by atoms with E-state index in [9.17, 15) is 0 Å². The maximum Gasteiger partial charge on any atom is 0.157 e. The van der Waals surface area contributed by atoms with Gasteiger partial charge < -0.3 is 5.32 Å². The third-order valence-corrected chi connectivity index (χ3v) is 6.25. The predicted octanol–water partition coefficient (Wildman–Crippen LogP) is 4.35. The number of thioether (sulfide) groups is 1. The average molecular weight is 280 g/mol. The Morgan fingerprint density at radius 2 is 1.89 bits per heavy atom. The smallest absolute Gasteiger partial charge is 0.157 e. The topological polar surface area (TPSA) is 24.4 Å². The molecule has 3 aliphatic rings. The molecule has 19 heavy (non-hydrogen) atoms. The van der Waals surface area contributed by atoms with Crippen molar-refractivity contribution in [3.05, 3.63) is 0 Å². The van der Waals surface area contributed by atoms with Gasteiger partial charge in [0.05, 0.1) is 6.04 Å². The molecule has 0 aromatic rings. The van der Waals surface area contributed by atoms with Crippen molar-refractivity contribution in [1.82, 2.24) is 5.32 Å². The molecule has 0 aromatic carbocycles. The van der Waals surface area contributed by atoms with E-state index in [1.54, 1.807) is 0 Å². The molecule has 2 aliphatic carbocycles. The molecule has 108 valence electrons. The maximum atomic E-state index is 5.04. The van der Waals surface area contributed by atoms with Crippen LogP contribution < -0.4 is 5.32 Å². The van der Waals surface area contributed by atoms with Gasteiger partial charge in [-0.15, -0.1) is 0 Å². The highest BCUT2D eigenvalue weighted by atomic mass is 32.2. The van der Waals surface area contributed by atoms with Gasteiger partial charge in [0.15, 0.2) is 5.17 Å². The summed E-state index contributed by atoms with van der Waals surface area (Å²) in [4.78, 5) is 5.04. The summed E-state index contributed by atoms with van der Waals surface area (Å²) in [5.74, 6) is 2.14. The van der Waals surface area contributed by atoms with E-state index < -0.39 is 0 Å². The maximum absolute atomic E-state index is 5.04. The molecule has 3 fully saturated rings. The molecule has 1 N–H and O–H groups in total. The molecule has 2 nitrogen and oxygen atoms in total. The van der Waals surface area contributed by atoms with Crippen LogP contribution in [0.25, 0.3) is 0 Å². The fraction of sp³-hybridized carbons (Fsp3) is 0.938. The first kappa shape index (κ1) is 13.8. The number of hydrogen-bond donors (Lipinski definition) is 1. The lowest BCUT2D eigenvalue weighted by atomic mass is 9.78. The van der Waals surface area contributed by atoms with Crippen molar-refractivity contribution in [1.29, 1.82) is 0 Å². The molecule has 1 aliphatic heterocycles. The highest BCUT2D eigenvalue weighted by molar-refractivity contribution is 8.14. The van der Waals surface area contributed by atoms with Crippen LogP contribution in [0, 0.1) is 5.92 Å². The predicted molar refractivity (Wildman–Crippen MR) is 84.9 cm³/mol. The zero-order chi connectivity index (χ0) is 13.1. The van der Waals surface area contributed by atoms with E-state index in [1.165, 1.54) is 75.1 Å². The van der Waals surface area contributed by atoms with Crippen molar-refractivity contribution in [3.8, 4) is 0 Å². The van der Waals surface area contributed by atoms with Gasteiger partial charge in [0.2, 0.25) is 0 Å². The summed E-state index contributed by atoms with van der Waals surface area (Å²) in [5, 5.41) is 5.08. The van der Waals surface area contributed by atoms with Gasteiger partial charge >= 0.3 is 0 Å². The molecule has 1 spiro atoms. The lowest BCUT2D eigenvalue weighted by Gasteiger charge is -2.36. The van der Waals surface area contributed by atoms with Gasteiger partial charge in [-0.3, -0.25) is 4.99 Å². The van der Waals surface area contributed by atoms with Crippen LogP contribution in [0.4, 0.5) is 0 Å². The molecule has 1 saturated heterocycles.